The molecule has 4 heteroatoms. The highest BCUT2D eigenvalue weighted by molar-refractivity contribution is 5.78. The molecule has 1 aromatic carbocycles. The molecule has 0 aliphatic carbocycles. The Labute approximate surface area is 95.0 Å². The van der Waals surface area contributed by atoms with Gasteiger partial charge in [0.15, 0.2) is 0 Å². The van der Waals surface area contributed by atoms with Crippen molar-refractivity contribution in [1.29, 1.82) is 0 Å². The van der Waals surface area contributed by atoms with E-state index in [4.69, 9.17) is 10.5 Å². The van der Waals surface area contributed by atoms with Gasteiger partial charge >= 0.3 is 5.97 Å². The van der Waals surface area contributed by atoms with Gasteiger partial charge in [-0.15, -0.1) is 0 Å². The summed E-state index contributed by atoms with van der Waals surface area (Å²) in [4.78, 5) is 13.4. The van der Waals surface area contributed by atoms with Gasteiger partial charge in [-0.2, -0.15) is 0 Å². The molecular weight excluding hydrogens is 204 g/mol. The fraction of sp³-hybridized carbons (Fsp3) is 0.417. The Morgan fingerprint density at radius 1 is 1.56 bits per heavy atom. The van der Waals surface area contributed by atoms with Crippen LogP contribution in [-0.4, -0.2) is 25.7 Å². The van der Waals surface area contributed by atoms with Crippen molar-refractivity contribution in [3.8, 4) is 0 Å². The van der Waals surface area contributed by atoms with Gasteiger partial charge in [0.1, 0.15) is 6.54 Å². The number of carbonyl (C=O) groups is 1. The second kappa shape index (κ2) is 4.43. The number of anilines is 2. The number of esters is 1. The van der Waals surface area contributed by atoms with E-state index in [1.54, 1.807) is 0 Å². The topological polar surface area (TPSA) is 55.6 Å². The van der Waals surface area contributed by atoms with Crippen molar-refractivity contribution in [2.45, 2.75) is 13.3 Å². The first-order valence-electron chi connectivity index (χ1n) is 5.50. The molecule has 0 saturated carbocycles. The van der Waals surface area contributed by atoms with E-state index in [-0.39, 0.29) is 5.97 Å². The number of fused-ring (bicyclic) bond motifs is 1. The van der Waals surface area contributed by atoms with Crippen LogP contribution in [0.3, 0.4) is 0 Å². The lowest BCUT2D eigenvalue weighted by molar-refractivity contribution is -0.141. The van der Waals surface area contributed by atoms with Crippen molar-refractivity contribution in [3.63, 3.8) is 0 Å². The first-order valence-corrected chi connectivity index (χ1v) is 5.50. The van der Waals surface area contributed by atoms with Crippen LogP contribution in [-0.2, 0) is 16.0 Å². The monoisotopic (exact) mass is 220 g/mol. The Balaban J connectivity index is 2.12. The third-order valence-electron chi connectivity index (χ3n) is 2.79. The molecular formula is C12H16N2O2. The minimum Gasteiger partial charge on any atom is -0.465 e. The zero-order valence-electron chi connectivity index (χ0n) is 9.40. The summed E-state index contributed by atoms with van der Waals surface area (Å²) in [6.45, 7) is 3.39. The normalized spacial score (nSPS) is 13.7. The number of rotatable bonds is 3. The van der Waals surface area contributed by atoms with Gasteiger partial charge in [-0.3, -0.25) is 4.79 Å². The Hall–Kier alpha value is -1.71. The summed E-state index contributed by atoms with van der Waals surface area (Å²) in [6.07, 6.45) is 0.904. The summed E-state index contributed by atoms with van der Waals surface area (Å²) in [5, 5.41) is 0. The Kier molecular flexibility index (Phi) is 2.99. The zero-order valence-corrected chi connectivity index (χ0v) is 9.40. The lowest BCUT2D eigenvalue weighted by atomic mass is 10.1. The standard InChI is InChI=1S/C12H16N2O2/c1-2-16-12(15)8-14-7-6-9-10(13)4-3-5-11(9)14/h3-5H,2,6-8,13H2,1H3. The minimum absolute atomic E-state index is 0.183. The van der Waals surface area contributed by atoms with Crippen LogP contribution in [0.4, 0.5) is 11.4 Å². The smallest absolute Gasteiger partial charge is 0.325 e. The van der Waals surface area contributed by atoms with Crippen molar-refractivity contribution >= 4 is 17.3 Å². The third-order valence-corrected chi connectivity index (χ3v) is 2.79. The Morgan fingerprint density at radius 3 is 3.12 bits per heavy atom. The van der Waals surface area contributed by atoms with Crippen LogP contribution in [0.5, 0.6) is 0 Å². The van der Waals surface area contributed by atoms with Crippen molar-refractivity contribution in [2.75, 3.05) is 30.3 Å². The second-order valence-corrected chi connectivity index (χ2v) is 3.82. The number of nitrogens with zero attached hydrogens (tertiary/aromatic N) is 1. The molecule has 0 aromatic heterocycles. The largest absolute Gasteiger partial charge is 0.465 e. The van der Waals surface area contributed by atoms with Crippen LogP contribution < -0.4 is 10.6 Å². The molecule has 0 fully saturated rings. The highest BCUT2D eigenvalue weighted by Gasteiger charge is 2.22. The van der Waals surface area contributed by atoms with E-state index in [0.29, 0.717) is 13.2 Å². The van der Waals surface area contributed by atoms with Crippen LogP contribution in [0.25, 0.3) is 0 Å². The maximum Gasteiger partial charge on any atom is 0.325 e. The second-order valence-electron chi connectivity index (χ2n) is 3.82. The lowest BCUT2D eigenvalue weighted by Gasteiger charge is -2.18. The van der Waals surface area contributed by atoms with Crippen LogP contribution in [0.1, 0.15) is 12.5 Å². The van der Waals surface area contributed by atoms with Crippen molar-refractivity contribution in [2.24, 2.45) is 0 Å². The van der Waals surface area contributed by atoms with E-state index in [0.717, 1.165) is 29.9 Å². The average molecular weight is 220 g/mol. The fourth-order valence-corrected chi connectivity index (χ4v) is 2.05. The number of nitrogens with two attached hydrogens (primary N) is 1. The van der Waals surface area contributed by atoms with Gasteiger partial charge in [-0.25, -0.2) is 0 Å². The zero-order chi connectivity index (χ0) is 11.5. The number of hydrogen-bond acceptors (Lipinski definition) is 4. The predicted octanol–water partition coefficient (Wildman–Crippen LogP) is 1.19. The first-order chi connectivity index (χ1) is 7.72. The molecule has 1 heterocycles. The van der Waals surface area contributed by atoms with E-state index >= 15 is 0 Å². The van der Waals surface area contributed by atoms with E-state index < -0.39 is 0 Å². The molecule has 0 radical (unpaired) electrons. The molecule has 0 unspecified atom stereocenters. The Morgan fingerprint density at radius 2 is 2.38 bits per heavy atom. The first kappa shape index (κ1) is 10.8. The predicted molar refractivity (Wildman–Crippen MR) is 63.4 cm³/mol. The summed E-state index contributed by atoms with van der Waals surface area (Å²) in [5.41, 5.74) is 8.90. The van der Waals surface area contributed by atoms with E-state index in [2.05, 4.69) is 0 Å². The summed E-state index contributed by atoms with van der Waals surface area (Å²) in [6, 6.07) is 5.81. The average Bonchev–Trinajstić information content (AvgIpc) is 2.64. The highest BCUT2D eigenvalue weighted by atomic mass is 16.5. The molecule has 0 amide bonds. The molecule has 86 valence electrons. The van der Waals surface area contributed by atoms with Crippen molar-refractivity contribution in [1.82, 2.24) is 0 Å². The maximum absolute atomic E-state index is 11.4. The van der Waals surface area contributed by atoms with Gasteiger partial charge in [0.05, 0.1) is 6.61 Å². The van der Waals surface area contributed by atoms with Gasteiger partial charge in [0.25, 0.3) is 0 Å². The van der Waals surface area contributed by atoms with Gasteiger partial charge < -0.3 is 15.4 Å². The number of ether oxygens (including phenoxy) is 1. The van der Waals surface area contributed by atoms with Gasteiger partial charge in [-0.1, -0.05) is 6.07 Å². The summed E-state index contributed by atoms with van der Waals surface area (Å²) < 4.78 is 4.94. The van der Waals surface area contributed by atoms with Crippen LogP contribution in [0.2, 0.25) is 0 Å². The number of benzene rings is 1. The molecule has 0 spiro atoms. The molecule has 0 bridgehead atoms. The van der Waals surface area contributed by atoms with Crippen LogP contribution in [0, 0.1) is 0 Å². The quantitative estimate of drug-likeness (QED) is 0.614. The van der Waals surface area contributed by atoms with E-state index in [1.165, 1.54) is 0 Å². The molecule has 1 aliphatic heterocycles. The molecule has 2 N–H and O–H groups in total. The van der Waals surface area contributed by atoms with Gasteiger partial charge in [0.2, 0.25) is 0 Å². The Bertz CT molecular complexity index is 404. The highest BCUT2D eigenvalue weighted by Crippen LogP contribution is 2.31. The van der Waals surface area contributed by atoms with E-state index in [9.17, 15) is 4.79 Å². The van der Waals surface area contributed by atoms with Crippen LogP contribution >= 0.6 is 0 Å². The summed E-state index contributed by atoms with van der Waals surface area (Å²) >= 11 is 0. The van der Waals surface area contributed by atoms with E-state index in [1.807, 2.05) is 30.0 Å². The third kappa shape index (κ3) is 1.96. The molecule has 16 heavy (non-hydrogen) atoms. The number of hydrogen-bond donors (Lipinski definition) is 1. The molecule has 1 aromatic rings. The molecule has 2 rings (SSSR count). The molecule has 0 atom stereocenters. The summed E-state index contributed by atoms with van der Waals surface area (Å²) in [7, 11) is 0. The maximum atomic E-state index is 11.4. The minimum atomic E-state index is -0.183. The summed E-state index contributed by atoms with van der Waals surface area (Å²) in [5.74, 6) is -0.183. The lowest BCUT2D eigenvalue weighted by Crippen LogP contribution is -2.29. The molecule has 4 nitrogen and oxygen atoms in total. The van der Waals surface area contributed by atoms with Crippen LogP contribution in [0.15, 0.2) is 18.2 Å². The molecule has 0 saturated heterocycles. The SMILES string of the molecule is CCOC(=O)CN1CCc2c(N)cccc21. The molecule has 1 aliphatic rings. The van der Waals surface area contributed by atoms with Crippen molar-refractivity contribution < 1.29 is 9.53 Å². The number of nitrogen functional groups attached to an aromatic ring is 1. The van der Waals surface area contributed by atoms with Gasteiger partial charge in [-0.05, 0) is 25.5 Å². The number of carbonyl (C=O) groups excluding carboxylic acids is 1. The fourth-order valence-electron chi connectivity index (χ4n) is 2.05. The van der Waals surface area contributed by atoms with Gasteiger partial charge in [0, 0.05) is 23.5 Å². The van der Waals surface area contributed by atoms with Crippen molar-refractivity contribution in [3.05, 3.63) is 23.8 Å².